The summed E-state index contributed by atoms with van der Waals surface area (Å²) >= 11 is 3.55. The smallest absolute Gasteiger partial charge is 0.310 e. The van der Waals surface area contributed by atoms with Gasteiger partial charge in [0.2, 0.25) is 0 Å². The molecule has 1 aliphatic heterocycles. The molecule has 92 valence electrons. The predicted molar refractivity (Wildman–Crippen MR) is 70.4 cm³/mol. The second kappa shape index (κ2) is 4.78. The Morgan fingerprint density at radius 1 is 1.53 bits per heavy atom. The van der Waals surface area contributed by atoms with E-state index in [0.717, 1.165) is 23.1 Å². The van der Waals surface area contributed by atoms with Crippen LogP contribution in [0.1, 0.15) is 29.9 Å². The number of halogens is 1. The van der Waals surface area contributed by atoms with Crippen molar-refractivity contribution in [1.82, 2.24) is 4.90 Å². The highest BCUT2D eigenvalue weighted by molar-refractivity contribution is 9.10. The van der Waals surface area contributed by atoms with Gasteiger partial charge in [0, 0.05) is 23.5 Å². The molecule has 0 amide bonds. The maximum absolute atomic E-state index is 10.9. The Morgan fingerprint density at radius 3 is 2.65 bits per heavy atom. The van der Waals surface area contributed by atoms with E-state index in [2.05, 4.69) is 33.9 Å². The van der Waals surface area contributed by atoms with Gasteiger partial charge in [0.25, 0.3) is 0 Å². The fourth-order valence-corrected chi connectivity index (χ4v) is 2.90. The highest BCUT2D eigenvalue weighted by Crippen LogP contribution is 2.33. The third-order valence-corrected chi connectivity index (χ3v) is 4.09. The Labute approximate surface area is 110 Å². The number of hydrogen-bond acceptors (Lipinski definition) is 2. The summed E-state index contributed by atoms with van der Waals surface area (Å²) in [6.07, 6.45) is 0. The number of likely N-dealkylation sites (tertiary alicyclic amines) is 1. The lowest BCUT2D eigenvalue weighted by Crippen LogP contribution is -2.41. The number of nitrogens with zero attached hydrogens (tertiary/aromatic N) is 1. The Hall–Kier alpha value is -0.870. The molecule has 1 heterocycles. The number of carbonyl (C=O) groups is 1. The second-order valence-electron chi connectivity index (χ2n) is 4.76. The lowest BCUT2D eigenvalue weighted by atomic mass is 9.90. The Balaban J connectivity index is 2.20. The van der Waals surface area contributed by atoms with Gasteiger partial charge in [-0.2, -0.15) is 0 Å². The van der Waals surface area contributed by atoms with Gasteiger partial charge in [-0.15, -0.1) is 0 Å². The first-order valence-electron chi connectivity index (χ1n) is 5.69. The molecule has 0 radical (unpaired) electrons. The van der Waals surface area contributed by atoms with Crippen LogP contribution in [-0.2, 0) is 4.79 Å². The van der Waals surface area contributed by atoms with Crippen LogP contribution >= 0.6 is 15.9 Å². The van der Waals surface area contributed by atoms with Crippen LogP contribution in [0.25, 0.3) is 0 Å². The van der Waals surface area contributed by atoms with Crippen molar-refractivity contribution >= 4 is 21.9 Å². The van der Waals surface area contributed by atoms with Gasteiger partial charge < -0.3 is 10.0 Å². The van der Waals surface area contributed by atoms with E-state index in [-0.39, 0.29) is 0 Å². The van der Waals surface area contributed by atoms with Crippen LogP contribution in [0.4, 0.5) is 0 Å². The average Bonchev–Trinajstić information content (AvgIpc) is 2.24. The summed E-state index contributed by atoms with van der Waals surface area (Å²) in [7, 11) is 2.10. The number of benzene rings is 1. The topological polar surface area (TPSA) is 40.5 Å². The third kappa shape index (κ3) is 2.53. The largest absolute Gasteiger partial charge is 0.481 e. The van der Waals surface area contributed by atoms with Gasteiger partial charge in [-0.25, -0.2) is 0 Å². The minimum Gasteiger partial charge on any atom is -0.481 e. The van der Waals surface area contributed by atoms with Crippen LogP contribution < -0.4 is 0 Å². The van der Waals surface area contributed by atoms with Crippen molar-refractivity contribution in [2.24, 2.45) is 0 Å². The standard InChI is InChI=1S/C13H16BrNO2/c1-8(13(16)17)9-3-4-11(12(14)5-9)10-6-15(2)7-10/h3-5,8,10H,6-7H2,1-2H3,(H,16,17). The molecule has 1 aromatic rings. The van der Waals surface area contributed by atoms with Gasteiger partial charge in [-0.1, -0.05) is 28.1 Å². The van der Waals surface area contributed by atoms with Gasteiger partial charge in [0.15, 0.2) is 0 Å². The molecule has 1 saturated heterocycles. The van der Waals surface area contributed by atoms with Crippen molar-refractivity contribution in [3.63, 3.8) is 0 Å². The lowest BCUT2D eigenvalue weighted by molar-refractivity contribution is -0.138. The zero-order chi connectivity index (χ0) is 12.6. The summed E-state index contributed by atoms with van der Waals surface area (Å²) in [4.78, 5) is 13.2. The maximum Gasteiger partial charge on any atom is 0.310 e. The minimum absolute atomic E-state index is 0.454. The van der Waals surface area contributed by atoms with Gasteiger partial charge in [0.05, 0.1) is 5.92 Å². The summed E-state index contributed by atoms with van der Waals surface area (Å²) < 4.78 is 1.03. The van der Waals surface area contributed by atoms with E-state index in [9.17, 15) is 4.79 Å². The number of hydrogen-bond donors (Lipinski definition) is 1. The number of likely N-dealkylation sites (N-methyl/N-ethyl adjacent to an activating group) is 1. The van der Waals surface area contributed by atoms with Crippen LogP contribution in [0, 0.1) is 0 Å². The molecule has 0 spiro atoms. The molecule has 17 heavy (non-hydrogen) atoms. The highest BCUT2D eigenvalue weighted by Gasteiger charge is 2.26. The molecule has 0 aromatic heterocycles. The normalized spacial score (nSPS) is 18.8. The third-order valence-electron chi connectivity index (χ3n) is 3.40. The van der Waals surface area contributed by atoms with Gasteiger partial charge in [-0.3, -0.25) is 4.79 Å². The fourth-order valence-electron chi connectivity index (χ4n) is 2.18. The molecule has 0 aliphatic carbocycles. The monoisotopic (exact) mass is 297 g/mol. The Kier molecular flexibility index (Phi) is 3.54. The lowest BCUT2D eigenvalue weighted by Gasteiger charge is -2.37. The number of carboxylic acids is 1. The SMILES string of the molecule is CC(C(=O)O)c1ccc(C2CN(C)C2)c(Br)c1. The van der Waals surface area contributed by atoms with E-state index in [1.54, 1.807) is 6.92 Å². The molecule has 3 nitrogen and oxygen atoms in total. The predicted octanol–water partition coefficient (Wildman–Crippen LogP) is 2.67. The van der Waals surface area contributed by atoms with Gasteiger partial charge in [-0.05, 0) is 31.2 Å². The van der Waals surface area contributed by atoms with E-state index < -0.39 is 11.9 Å². The van der Waals surface area contributed by atoms with Crippen molar-refractivity contribution in [1.29, 1.82) is 0 Å². The van der Waals surface area contributed by atoms with Gasteiger partial charge in [0.1, 0.15) is 0 Å². The summed E-state index contributed by atoms with van der Waals surface area (Å²) in [5.41, 5.74) is 2.13. The van der Waals surface area contributed by atoms with Crippen LogP contribution in [0.5, 0.6) is 0 Å². The van der Waals surface area contributed by atoms with Gasteiger partial charge >= 0.3 is 5.97 Å². The molecule has 2 rings (SSSR count). The molecule has 0 saturated carbocycles. The Bertz CT molecular complexity index is 441. The summed E-state index contributed by atoms with van der Waals surface area (Å²) in [6, 6.07) is 5.92. The zero-order valence-corrected chi connectivity index (χ0v) is 11.6. The van der Waals surface area contributed by atoms with E-state index in [1.807, 2.05) is 12.1 Å². The van der Waals surface area contributed by atoms with Crippen LogP contribution in [0.15, 0.2) is 22.7 Å². The number of aliphatic carboxylic acids is 1. The van der Waals surface area contributed by atoms with Crippen LogP contribution in [0.3, 0.4) is 0 Å². The molecular weight excluding hydrogens is 282 g/mol. The number of rotatable bonds is 3. The molecule has 1 atom stereocenters. The first kappa shape index (κ1) is 12.6. The van der Waals surface area contributed by atoms with Crippen LogP contribution in [-0.4, -0.2) is 36.1 Å². The van der Waals surface area contributed by atoms with E-state index in [1.165, 1.54) is 5.56 Å². The fraction of sp³-hybridized carbons (Fsp3) is 0.462. The van der Waals surface area contributed by atoms with Crippen molar-refractivity contribution in [2.45, 2.75) is 18.8 Å². The van der Waals surface area contributed by atoms with Crippen molar-refractivity contribution in [3.8, 4) is 0 Å². The molecular formula is C13H16BrNO2. The summed E-state index contributed by atoms with van der Waals surface area (Å²) in [5.74, 6) is -0.666. The average molecular weight is 298 g/mol. The zero-order valence-electron chi connectivity index (χ0n) is 9.98. The van der Waals surface area contributed by atoms with Crippen molar-refractivity contribution in [3.05, 3.63) is 33.8 Å². The number of carboxylic acid groups (broad SMARTS) is 1. The first-order valence-corrected chi connectivity index (χ1v) is 6.49. The quantitative estimate of drug-likeness (QED) is 0.932. The maximum atomic E-state index is 10.9. The van der Waals surface area contributed by atoms with Crippen LogP contribution in [0.2, 0.25) is 0 Å². The highest BCUT2D eigenvalue weighted by atomic mass is 79.9. The molecule has 1 fully saturated rings. The van der Waals surface area contributed by atoms with E-state index >= 15 is 0 Å². The molecule has 1 N–H and O–H groups in total. The Morgan fingerprint density at radius 2 is 2.18 bits per heavy atom. The van der Waals surface area contributed by atoms with Crippen molar-refractivity contribution < 1.29 is 9.90 Å². The second-order valence-corrected chi connectivity index (χ2v) is 5.61. The molecule has 1 aromatic carbocycles. The molecule has 0 bridgehead atoms. The minimum atomic E-state index is -0.784. The summed E-state index contributed by atoms with van der Waals surface area (Å²) in [6.45, 7) is 3.86. The molecule has 1 aliphatic rings. The van der Waals surface area contributed by atoms with E-state index in [4.69, 9.17) is 5.11 Å². The molecule has 4 heteroatoms. The van der Waals surface area contributed by atoms with Crippen molar-refractivity contribution in [2.75, 3.05) is 20.1 Å². The summed E-state index contributed by atoms with van der Waals surface area (Å²) in [5, 5.41) is 8.97. The molecule has 1 unspecified atom stereocenters. The van der Waals surface area contributed by atoms with E-state index in [0.29, 0.717) is 5.92 Å². The first-order chi connectivity index (χ1) is 7.99.